The van der Waals surface area contributed by atoms with E-state index in [1.807, 2.05) is 0 Å². The molecule has 0 saturated heterocycles. The lowest BCUT2D eigenvalue weighted by Gasteiger charge is -2.20. The number of aryl methyl sites for hydroxylation is 1. The van der Waals surface area contributed by atoms with Gasteiger partial charge in [0.05, 0.1) is 10.0 Å². The predicted octanol–water partition coefficient (Wildman–Crippen LogP) is 5.75. The van der Waals surface area contributed by atoms with Gasteiger partial charge in [0.1, 0.15) is 17.3 Å². The number of aromatic nitrogens is 2. The number of amides is 2. The Bertz CT molecular complexity index is 983. The van der Waals surface area contributed by atoms with Crippen molar-refractivity contribution < 1.29 is 22.5 Å². The molecule has 2 aromatic heterocycles. The van der Waals surface area contributed by atoms with Gasteiger partial charge < -0.3 is 20.1 Å². The molecular weight excluding hydrogens is 432 g/mol. The maximum Gasteiger partial charge on any atom is 0.398 e. The van der Waals surface area contributed by atoms with Crippen molar-refractivity contribution in [2.45, 2.75) is 19.0 Å². The minimum Gasteiger partial charge on any atom is -0.364 e. The van der Waals surface area contributed by atoms with Crippen molar-refractivity contribution in [3.05, 3.63) is 58.0 Å². The first-order valence-corrected chi connectivity index (χ1v) is 9.09. The molecule has 1 atom stereocenters. The third kappa shape index (κ3) is 4.68. The molecule has 29 heavy (non-hydrogen) atoms. The van der Waals surface area contributed by atoms with E-state index < -0.39 is 24.7 Å². The van der Waals surface area contributed by atoms with Crippen LogP contribution in [-0.2, 0) is 0 Å². The number of carbonyl (C=O) groups is 1. The van der Waals surface area contributed by atoms with Gasteiger partial charge in [-0.2, -0.15) is 13.2 Å². The lowest BCUT2D eigenvalue weighted by Crippen LogP contribution is -2.37. The maximum atomic E-state index is 13.3. The normalized spacial score (nSPS) is 12.6. The number of anilines is 1. The molecule has 11 heteroatoms. The number of urea groups is 1. The van der Waals surface area contributed by atoms with Crippen LogP contribution >= 0.6 is 23.2 Å². The summed E-state index contributed by atoms with van der Waals surface area (Å²) in [5, 5.41) is 9.10. The lowest BCUT2D eigenvalue weighted by atomic mass is 10.1. The minimum absolute atomic E-state index is 0.0532. The van der Waals surface area contributed by atoms with E-state index in [1.54, 1.807) is 18.2 Å². The highest BCUT2D eigenvalue weighted by atomic mass is 35.5. The average Bonchev–Trinajstić information content (AvgIpc) is 3.26. The molecule has 0 bridgehead atoms. The van der Waals surface area contributed by atoms with Gasteiger partial charge in [-0.1, -0.05) is 34.4 Å². The molecule has 1 aromatic carbocycles. The molecule has 1 unspecified atom stereocenters. The number of nitrogens with one attached hydrogen (secondary N) is 3. The van der Waals surface area contributed by atoms with Crippen molar-refractivity contribution in [1.82, 2.24) is 15.5 Å². The van der Waals surface area contributed by atoms with Gasteiger partial charge in [-0.25, -0.2) is 4.79 Å². The predicted molar refractivity (Wildman–Crippen MR) is 103 cm³/mol. The number of hydrogen-bond acceptors (Lipinski definition) is 3. The van der Waals surface area contributed by atoms with Crippen LogP contribution in [0, 0.1) is 6.92 Å². The second-order valence-electron chi connectivity index (χ2n) is 6.11. The number of nitrogens with zero attached hydrogens (tertiary/aromatic N) is 1. The highest BCUT2D eigenvalue weighted by molar-refractivity contribution is 6.39. The molecule has 0 aliphatic heterocycles. The van der Waals surface area contributed by atoms with Crippen LogP contribution in [0.25, 0.3) is 11.3 Å². The van der Waals surface area contributed by atoms with Crippen molar-refractivity contribution in [3.8, 4) is 11.3 Å². The Kier molecular flexibility index (Phi) is 6.09. The fraction of sp³-hybridized carbons (Fsp3) is 0.222. The molecule has 0 fully saturated rings. The number of carbonyl (C=O) groups excluding carboxylic acids is 1. The standard InChI is InChI=1S/C18H15Cl2F3N4O2/c1-9-15(16(27-29-9)14-11(19)4-2-5-12(14)20)26-17(28)25-8-10(18(21,22)23)13-6-3-7-24-13/h2-7,10,24H,8H2,1H3,(H2,25,26,28). The van der Waals surface area contributed by atoms with Crippen LogP contribution in [0.4, 0.5) is 23.7 Å². The van der Waals surface area contributed by atoms with Crippen LogP contribution in [-0.4, -0.2) is 28.9 Å². The zero-order valence-electron chi connectivity index (χ0n) is 14.9. The Labute approximate surface area is 173 Å². The first kappa shape index (κ1) is 21.1. The van der Waals surface area contributed by atoms with E-state index in [9.17, 15) is 18.0 Å². The SMILES string of the molecule is Cc1onc(-c2c(Cl)cccc2Cl)c1NC(=O)NCC(c1ccc[nH]1)C(F)(F)F. The van der Waals surface area contributed by atoms with E-state index >= 15 is 0 Å². The molecule has 6 nitrogen and oxygen atoms in total. The third-order valence-electron chi connectivity index (χ3n) is 4.16. The summed E-state index contributed by atoms with van der Waals surface area (Å²) >= 11 is 12.3. The summed E-state index contributed by atoms with van der Waals surface area (Å²) in [5.74, 6) is -1.65. The van der Waals surface area contributed by atoms with Gasteiger partial charge in [0.25, 0.3) is 0 Å². The number of H-pyrrole nitrogens is 1. The summed E-state index contributed by atoms with van der Waals surface area (Å²) in [7, 11) is 0. The number of halogens is 5. The molecule has 0 radical (unpaired) electrons. The minimum atomic E-state index is -4.54. The Morgan fingerprint density at radius 1 is 1.24 bits per heavy atom. The van der Waals surface area contributed by atoms with Crippen LogP contribution in [0.3, 0.4) is 0 Å². The summed E-state index contributed by atoms with van der Waals surface area (Å²) in [6.07, 6.45) is -3.16. The average molecular weight is 447 g/mol. The second-order valence-corrected chi connectivity index (χ2v) is 6.93. The summed E-state index contributed by atoms with van der Waals surface area (Å²) in [6.45, 7) is 0.872. The van der Waals surface area contributed by atoms with E-state index in [0.29, 0.717) is 5.56 Å². The molecule has 3 rings (SSSR count). The highest BCUT2D eigenvalue weighted by Gasteiger charge is 2.41. The Hall–Kier alpha value is -2.65. The van der Waals surface area contributed by atoms with Crippen molar-refractivity contribution in [1.29, 1.82) is 0 Å². The van der Waals surface area contributed by atoms with Gasteiger partial charge in [-0.05, 0) is 31.2 Å². The highest BCUT2D eigenvalue weighted by Crippen LogP contribution is 2.39. The van der Waals surface area contributed by atoms with Crippen molar-refractivity contribution in [2.24, 2.45) is 0 Å². The van der Waals surface area contributed by atoms with Crippen molar-refractivity contribution >= 4 is 34.9 Å². The van der Waals surface area contributed by atoms with E-state index in [0.717, 1.165) is 0 Å². The molecule has 3 N–H and O–H groups in total. The summed E-state index contributed by atoms with van der Waals surface area (Å²) in [6, 6.07) is 6.70. The first-order chi connectivity index (χ1) is 13.7. The van der Waals surface area contributed by atoms with Crippen LogP contribution < -0.4 is 10.6 Å². The molecule has 154 valence electrons. The number of benzene rings is 1. The van der Waals surface area contributed by atoms with E-state index in [2.05, 4.69) is 20.8 Å². The lowest BCUT2D eigenvalue weighted by molar-refractivity contribution is -0.149. The largest absolute Gasteiger partial charge is 0.398 e. The maximum absolute atomic E-state index is 13.3. The fourth-order valence-electron chi connectivity index (χ4n) is 2.73. The number of rotatable bonds is 5. The molecule has 0 aliphatic rings. The first-order valence-electron chi connectivity index (χ1n) is 8.34. The Morgan fingerprint density at radius 3 is 2.52 bits per heavy atom. The van der Waals surface area contributed by atoms with Gasteiger partial charge in [-0.3, -0.25) is 0 Å². The Morgan fingerprint density at radius 2 is 1.93 bits per heavy atom. The van der Waals surface area contributed by atoms with Gasteiger partial charge in [0.2, 0.25) is 0 Å². The molecule has 3 aromatic rings. The van der Waals surface area contributed by atoms with Crippen molar-refractivity contribution in [2.75, 3.05) is 11.9 Å². The quantitative estimate of drug-likeness (QED) is 0.466. The van der Waals surface area contributed by atoms with E-state index in [-0.39, 0.29) is 32.9 Å². The van der Waals surface area contributed by atoms with Gasteiger partial charge in [0, 0.05) is 24.0 Å². The molecule has 2 amide bonds. The second kappa shape index (κ2) is 8.38. The molecule has 2 heterocycles. The molecule has 0 saturated carbocycles. The Balaban J connectivity index is 1.77. The number of hydrogen-bond donors (Lipinski definition) is 3. The molecular formula is C18H15Cl2F3N4O2. The van der Waals surface area contributed by atoms with Gasteiger partial charge >= 0.3 is 12.2 Å². The van der Waals surface area contributed by atoms with Crippen molar-refractivity contribution in [3.63, 3.8) is 0 Å². The third-order valence-corrected chi connectivity index (χ3v) is 4.79. The molecule has 0 spiro atoms. The van der Waals surface area contributed by atoms with Crippen LogP contribution in [0.5, 0.6) is 0 Å². The zero-order valence-corrected chi connectivity index (χ0v) is 16.4. The van der Waals surface area contributed by atoms with E-state index in [4.69, 9.17) is 27.7 Å². The van der Waals surface area contributed by atoms with Crippen LogP contribution in [0.15, 0.2) is 41.1 Å². The molecule has 0 aliphatic carbocycles. The number of aromatic amines is 1. The topological polar surface area (TPSA) is 82.9 Å². The fourth-order valence-corrected chi connectivity index (χ4v) is 3.31. The van der Waals surface area contributed by atoms with E-state index in [1.165, 1.54) is 25.3 Å². The summed E-state index contributed by atoms with van der Waals surface area (Å²) in [4.78, 5) is 14.8. The van der Waals surface area contributed by atoms with Crippen LogP contribution in [0.1, 0.15) is 17.4 Å². The van der Waals surface area contributed by atoms with Gasteiger partial charge in [-0.15, -0.1) is 0 Å². The zero-order chi connectivity index (χ0) is 21.2. The monoisotopic (exact) mass is 446 g/mol. The smallest absolute Gasteiger partial charge is 0.364 e. The summed E-state index contributed by atoms with van der Waals surface area (Å²) in [5.41, 5.74) is 0.607. The van der Waals surface area contributed by atoms with Crippen LogP contribution in [0.2, 0.25) is 10.0 Å². The number of alkyl halides is 3. The van der Waals surface area contributed by atoms with Gasteiger partial charge in [0.15, 0.2) is 5.76 Å². The summed E-state index contributed by atoms with van der Waals surface area (Å²) < 4.78 is 45.0.